The van der Waals surface area contributed by atoms with Crippen molar-refractivity contribution in [2.24, 2.45) is 0 Å². The highest BCUT2D eigenvalue weighted by molar-refractivity contribution is 6.06. The minimum atomic E-state index is -0.786. The van der Waals surface area contributed by atoms with Crippen LogP contribution in [0.25, 0.3) is 10.8 Å². The first-order valence-electron chi connectivity index (χ1n) is 10.7. The number of benzene rings is 1. The number of Topliss-reactive ketones (excluding diaryl/α,β-unsaturated/α-hetero) is 2. The van der Waals surface area contributed by atoms with E-state index in [0.29, 0.717) is 34.1 Å². The summed E-state index contributed by atoms with van der Waals surface area (Å²) in [6.07, 6.45) is 2.69. The fraction of sp³-hybridized carbons (Fsp3) is 0.375. The number of carbonyl (C=O) groups excluding carboxylic acids is 3. The zero-order valence-electron chi connectivity index (χ0n) is 18.8. The Kier molecular flexibility index (Phi) is 7.02. The molecule has 2 aromatic heterocycles. The Bertz CT molecular complexity index is 1250. The van der Waals surface area contributed by atoms with Gasteiger partial charge in [0.1, 0.15) is 0 Å². The number of hydrogen-bond acceptors (Lipinski definition) is 6. The number of hydrogen-bond donors (Lipinski definition) is 1. The molecule has 0 aliphatic carbocycles. The van der Waals surface area contributed by atoms with Crippen LogP contribution < -0.4 is 5.56 Å². The largest absolute Gasteiger partial charge is 0.452 e. The molecule has 0 atom stereocenters. The van der Waals surface area contributed by atoms with Gasteiger partial charge in [0, 0.05) is 23.2 Å². The zero-order chi connectivity index (χ0) is 23.4. The number of carbonyl (C=O) groups is 3. The van der Waals surface area contributed by atoms with Crippen LogP contribution in [0.15, 0.2) is 29.1 Å². The molecule has 0 fully saturated rings. The molecule has 0 aliphatic rings. The maximum atomic E-state index is 12.8. The third-order valence-corrected chi connectivity index (χ3v) is 5.44. The van der Waals surface area contributed by atoms with Crippen LogP contribution in [0.1, 0.15) is 75.7 Å². The van der Waals surface area contributed by atoms with Crippen LogP contribution in [0.4, 0.5) is 0 Å². The van der Waals surface area contributed by atoms with Crippen LogP contribution in [0, 0.1) is 13.8 Å². The molecule has 0 aliphatic heterocycles. The molecule has 8 heteroatoms. The lowest BCUT2D eigenvalue weighted by molar-refractivity contribution is 0.0467. The van der Waals surface area contributed by atoms with Gasteiger partial charge in [0.25, 0.3) is 5.56 Å². The molecule has 168 valence electrons. The zero-order valence-corrected chi connectivity index (χ0v) is 18.8. The van der Waals surface area contributed by atoms with Gasteiger partial charge in [-0.25, -0.2) is 9.48 Å². The molecule has 32 heavy (non-hydrogen) atoms. The van der Waals surface area contributed by atoms with Crippen molar-refractivity contribution in [1.29, 1.82) is 0 Å². The predicted octanol–water partition coefficient (Wildman–Crippen LogP) is 3.77. The Morgan fingerprint density at radius 2 is 1.78 bits per heavy atom. The highest BCUT2D eigenvalue weighted by atomic mass is 16.5. The smallest absolute Gasteiger partial charge is 0.359 e. The summed E-state index contributed by atoms with van der Waals surface area (Å²) in [4.78, 5) is 52.9. The monoisotopic (exact) mass is 437 g/mol. The molecule has 0 amide bonds. The van der Waals surface area contributed by atoms with Crippen molar-refractivity contribution in [3.05, 3.63) is 62.8 Å². The summed E-state index contributed by atoms with van der Waals surface area (Å²) in [6, 6.07) is 6.71. The van der Waals surface area contributed by atoms with E-state index in [2.05, 4.69) is 17.0 Å². The van der Waals surface area contributed by atoms with Gasteiger partial charge in [0.15, 0.2) is 18.1 Å². The van der Waals surface area contributed by atoms with E-state index in [-0.39, 0.29) is 22.7 Å². The first-order chi connectivity index (χ1) is 15.3. The molecule has 3 rings (SSSR count). The molecule has 1 N–H and O–H groups in total. The normalized spacial score (nSPS) is 11.0. The number of fused-ring (bicyclic) bond motifs is 1. The van der Waals surface area contributed by atoms with Gasteiger partial charge in [-0.3, -0.25) is 14.4 Å². The highest BCUT2D eigenvalue weighted by Crippen LogP contribution is 2.20. The van der Waals surface area contributed by atoms with E-state index >= 15 is 0 Å². The fourth-order valence-corrected chi connectivity index (χ4v) is 3.88. The van der Waals surface area contributed by atoms with Crippen LogP contribution in [0.2, 0.25) is 0 Å². The SMILES string of the molecule is CCCCCn1nc(C(=O)OCC(=O)c2[nH]c(C)c(C(C)=O)c2C)c2ccccc2c1=O. The van der Waals surface area contributed by atoms with Gasteiger partial charge in [-0.05, 0) is 38.8 Å². The molecule has 0 saturated heterocycles. The van der Waals surface area contributed by atoms with E-state index in [1.165, 1.54) is 11.6 Å². The van der Waals surface area contributed by atoms with Gasteiger partial charge in [0.05, 0.1) is 11.1 Å². The average Bonchev–Trinajstić information content (AvgIpc) is 3.07. The predicted molar refractivity (Wildman–Crippen MR) is 120 cm³/mol. The number of aromatic amines is 1. The fourth-order valence-electron chi connectivity index (χ4n) is 3.88. The van der Waals surface area contributed by atoms with Crippen LogP contribution in [0.5, 0.6) is 0 Å². The molecule has 2 heterocycles. The van der Waals surface area contributed by atoms with Crippen molar-refractivity contribution in [3.8, 4) is 0 Å². The van der Waals surface area contributed by atoms with Gasteiger partial charge in [-0.1, -0.05) is 38.0 Å². The number of ether oxygens (including phenoxy) is 1. The topological polar surface area (TPSA) is 111 Å². The summed E-state index contributed by atoms with van der Waals surface area (Å²) >= 11 is 0. The van der Waals surface area contributed by atoms with Crippen LogP contribution in [-0.4, -0.2) is 38.9 Å². The molecule has 3 aromatic rings. The number of rotatable bonds is 9. The maximum absolute atomic E-state index is 12.8. The van der Waals surface area contributed by atoms with Crippen LogP contribution in [0.3, 0.4) is 0 Å². The third kappa shape index (κ3) is 4.54. The summed E-state index contributed by atoms with van der Waals surface area (Å²) < 4.78 is 6.55. The molecular weight excluding hydrogens is 410 g/mol. The molecule has 0 unspecified atom stereocenters. The number of nitrogens with one attached hydrogen (secondary N) is 1. The quantitative estimate of drug-likeness (QED) is 0.310. The molecule has 0 saturated carbocycles. The van der Waals surface area contributed by atoms with Crippen molar-refractivity contribution in [3.63, 3.8) is 0 Å². The first-order valence-corrected chi connectivity index (χ1v) is 10.7. The summed E-state index contributed by atoms with van der Waals surface area (Å²) in [5.41, 5.74) is 1.56. The number of esters is 1. The second-order valence-electron chi connectivity index (χ2n) is 7.81. The first kappa shape index (κ1) is 23.1. The minimum Gasteiger partial charge on any atom is -0.452 e. The van der Waals surface area contributed by atoms with Crippen molar-refractivity contribution in [2.45, 2.75) is 53.5 Å². The summed E-state index contributed by atoms with van der Waals surface area (Å²) in [5.74, 6) is -1.38. The molecule has 8 nitrogen and oxygen atoms in total. The van der Waals surface area contributed by atoms with E-state index in [9.17, 15) is 19.2 Å². The van der Waals surface area contributed by atoms with E-state index in [1.54, 1.807) is 38.1 Å². The van der Waals surface area contributed by atoms with E-state index in [1.807, 2.05) is 0 Å². The highest BCUT2D eigenvalue weighted by Gasteiger charge is 2.23. The van der Waals surface area contributed by atoms with Gasteiger partial charge < -0.3 is 9.72 Å². The Balaban J connectivity index is 1.86. The molecule has 1 aromatic carbocycles. The van der Waals surface area contributed by atoms with E-state index < -0.39 is 18.4 Å². The molecular formula is C24H27N3O5. The lowest BCUT2D eigenvalue weighted by Crippen LogP contribution is -2.27. The average molecular weight is 437 g/mol. The molecule has 0 radical (unpaired) electrons. The number of H-pyrrole nitrogens is 1. The number of ketones is 2. The summed E-state index contributed by atoms with van der Waals surface area (Å²) in [6.45, 7) is 6.77. The van der Waals surface area contributed by atoms with Gasteiger partial charge in [-0.15, -0.1) is 0 Å². The van der Waals surface area contributed by atoms with Crippen molar-refractivity contribution in [2.75, 3.05) is 6.61 Å². The second kappa shape index (κ2) is 9.72. The Morgan fingerprint density at radius 1 is 1.09 bits per heavy atom. The van der Waals surface area contributed by atoms with Gasteiger partial charge in [0.2, 0.25) is 5.78 Å². The minimum absolute atomic E-state index is 0.00619. The van der Waals surface area contributed by atoms with Crippen molar-refractivity contribution >= 4 is 28.3 Å². The van der Waals surface area contributed by atoms with Crippen LogP contribution >= 0.6 is 0 Å². The molecule has 0 bridgehead atoms. The Labute approximate surface area is 185 Å². The standard InChI is InChI=1S/C24H27N3O5/c1-5-6-9-12-27-23(30)18-11-8-7-10-17(18)22(26-27)24(31)32-13-19(29)21-14(2)20(16(4)28)15(3)25-21/h7-8,10-11,25H,5-6,9,12-13H2,1-4H3. The number of aryl methyl sites for hydroxylation is 2. The summed E-state index contributed by atoms with van der Waals surface area (Å²) in [7, 11) is 0. The lowest BCUT2D eigenvalue weighted by Gasteiger charge is -2.10. The number of unbranched alkanes of at least 4 members (excludes halogenated alkanes) is 2. The lowest BCUT2D eigenvalue weighted by atomic mass is 10.1. The second-order valence-corrected chi connectivity index (χ2v) is 7.81. The third-order valence-electron chi connectivity index (χ3n) is 5.44. The Morgan fingerprint density at radius 3 is 2.41 bits per heavy atom. The number of nitrogens with zero attached hydrogens (tertiary/aromatic N) is 2. The van der Waals surface area contributed by atoms with Crippen molar-refractivity contribution in [1.82, 2.24) is 14.8 Å². The van der Waals surface area contributed by atoms with Gasteiger partial charge >= 0.3 is 5.97 Å². The van der Waals surface area contributed by atoms with E-state index in [0.717, 1.165) is 19.3 Å². The van der Waals surface area contributed by atoms with E-state index in [4.69, 9.17) is 4.74 Å². The number of aromatic nitrogens is 3. The maximum Gasteiger partial charge on any atom is 0.359 e. The van der Waals surface area contributed by atoms with Crippen molar-refractivity contribution < 1.29 is 19.1 Å². The molecule has 0 spiro atoms. The Hall–Kier alpha value is -3.55. The van der Waals surface area contributed by atoms with Gasteiger partial charge in [-0.2, -0.15) is 5.10 Å². The summed E-state index contributed by atoms with van der Waals surface area (Å²) in [5, 5.41) is 5.00. The van der Waals surface area contributed by atoms with Crippen LogP contribution in [-0.2, 0) is 11.3 Å².